The maximum atomic E-state index is 12.8. The van der Waals surface area contributed by atoms with Crippen LogP contribution in [-0.2, 0) is 55.8 Å². The third-order valence-corrected chi connectivity index (χ3v) is 17.2. The fourth-order valence-corrected chi connectivity index (χ4v) is 11.3. The predicted molar refractivity (Wildman–Crippen MR) is 381 cm³/mol. The first-order valence-corrected chi connectivity index (χ1v) is 39.5. The summed E-state index contributed by atoms with van der Waals surface area (Å²) in [6.07, 6.45) is 76.3. The second-order valence-electron chi connectivity index (χ2n) is 24.4. The number of ether oxygens (including phenoxy) is 3. The first-order chi connectivity index (χ1) is 45.2. The average molecular weight is 1350 g/mol. The predicted octanol–water partition coefficient (Wildman–Crippen LogP) is 20.6. The minimum absolute atomic E-state index is 0.105. The lowest BCUT2D eigenvalue weighted by molar-refractivity contribution is -0.161. The van der Waals surface area contributed by atoms with Crippen LogP contribution in [0.4, 0.5) is 0 Å². The van der Waals surface area contributed by atoms with Gasteiger partial charge in [-0.2, -0.15) is 0 Å². The molecule has 0 amide bonds. The van der Waals surface area contributed by atoms with Gasteiger partial charge < -0.3 is 34.2 Å². The van der Waals surface area contributed by atoms with E-state index >= 15 is 0 Å². The van der Waals surface area contributed by atoms with Crippen LogP contribution in [0.25, 0.3) is 0 Å². The Morgan fingerprint density at radius 2 is 0.591 bits per heavy atom. The van der Waals surface area contributed by atoms with Crippen LogP contribution in [-0.4, -0.2) is 95.9 Å². The standard InChI is InChI=1S/C75H132O16P2/c1-4-7-10-13-16-19-22-24-25-26-27-28-29-30-31-32-33-34-35-36-37-38-39-40-41-42-43-45-48-49-52-55-58-61-73(78)85-64-70(76)65-87-92(81,82)88-66-71(77)67-89-93(83,84)90-69-72(91-75(80)63-60-57-54-51-46-21-18-15-12-9-6-3)68-86-74(79)62-59-56-53-50-47-44-23-20-17-14-11-8-5-2/h7,10-11,14,16,19-20,23-25,27-28,30-31,33-34,70-72,76-77H,4-6,8-9,12-13,15,17-18,21-22,26,29,32,35-69H2,1-3H3,(H,81,82)(H,83,84)/b10-7-,14-11-,19-16-,23-20-,25-24-,28-27-,31-30-,34-33-. The third-order valence-electron chi connectivity index (χ3n) is 15.3. The summed E-state index contributed by atoms with van der Waals surface area (Å²) in [6.45, 7) is 2.48. The molecule has 16 nitrogen and oxygen atoms in total. The van der Waals surface area contributed by atoms with E-state index in [1.807, 2.05) is 0 Å². The molecule has 0 saturated carbocycles. The van der Waals surface area contributed by atoms with Gasteiger partial charge in [-0.1, -0.05) is 285 Å². The Morgan fingerprint density at radius 1 is 0.312 bits per heavy atom. The van der Waals surface area contributed by atoms with Crippen LogP contribution in [0.2, 0.25) is 0 Å². The molecule has 0 bridgehead atoms. The minimum atomic E-state index is -4.92. The van der Waals surface area contributed by atoms with Crippen molar-refractivity contribution in [3.8, 4) is 0 Å². The summed E-state index contributed by atoms with van der Waals surface area (Å²) in [5, 5.41) is 20.6. The second kappa shape index (κ2) is 68.4. The maximum absolute atomic E-state index is 12.8. The molecular weight excluding hydrogens is 1220 g/mol. The van der Waals surface area contributed by atoms with Crippen molar-refractivity contribution in [2.75, 3.05) is 39.6 Å². The highest BCUT2D eigenvalue weighted by Gasteiger charge is 2.29. The molecule has 0 fully saturated rings. The summed E-state index contributed by atoms with van der Waals surface area (Å²) in [4.78, 5) is 58.3. The van der Waals surface area contributed by atoms with Crippen molar-refractivity contribution in [2.45, 2.75) is 322 Å². The highest BCUT2D eigenvalue weighted by atomic mass is 31.2. The van der Waals surface area contributed by atoms with Gasteiger partial charge in [-0.3, -0.25) is 32.5 Å². The van der Waals surface area contributed by atoms with Crippen molar-refractivity contribution in [3.63, 3.8) is 0 Å². The Labute approximate surface area is 565 Å². The highest BCUT2D eigenvalue weighted by Crippen LogP contribution is 2.45. The van der Waals surface area contributed by atoms with Gasteiger partial charge in [0.2, 0.25) is 0 Å². The molecule has 0 spiro atoms. The highest BCUT2D eigenvalue weighted by molar-refractivity contribution is 7.47. The summed E-state index contributed by atoms with van der Waals surface area (Å²) in [6, 6.07) is 0. The quantitative estimate of drug-likeness (QED) is 0.0146. The Bertz CT molecular complexity index is 2080. The molecular formula is C75H132O16P2. The van der Waals surface area contributed by atoms with E-state index in [9.17, 15) is 43.5 Å². The normalized spacial score (nSPS) is 14.7. The van der Waals surface area contributed by atoms with E-state index in [1.54, 1.807) is 0 Å². The van der Waals surface area contributed by atoms with Crippen LogP contribution in [0.5, 0.6) is 0 Å². The topological polar surface area (TPSA) is 231 Å². The van der Waals surface area contributed by atoms with Gasteiger partial charge in [0.25, 0.3) is 0 Å². The minimum Gasteiger partial charge on any atom is -0.463 e. The number of carbonyl (C=O) groups excluding carboxylic acids is 3. The van der Waals surface area contributed by atoms with E-state index < -0.39 is 91.5 Å². The van der Waals surface area contributed by atoms with Crippen molar-refractivity contribution in [3.05, 3.63) is 97.2 Å². The molecule has 18 heteroatoms. The Kier molecular flexibility index (Phi) is 65.8. The van der Waals surface area contributed by atoms with Crippen molar-refractivity contribution in [2.24, 2.45) is 0 Å². The number of hydrogen-bond donors (Lipinski definition) is 4. The SMILES string of the molecule is CC/C=C\C/C=C\C/C=C\C/C=C\C/C=C\C/C=C\CCCCCCCCCCCCCCCCC(=O)OCC(O)COP(=O)(O)OCC(O)COP(=O)(O)OCC(COC(=O)CCCCCCC/C=C\C/C=C\CCC)OC(=O)CCCCCCCCCCCCC. The number of hydrogen-bond acceptors (Lipinski definition) is 14. The molecule has 0 radical (unpaired) electrons. The largest absolute Gasteiger partial charge is 0.472 e. The molecule has 0 heterocycles. The summed E-state index contributed by atoms with van der Waals surface area (Å²) in [5.41, 5.74) is 0. The Balaban J connectivity index is 4.31. The first-order valence-electron chi connectivity index (χ1n) is 36.5. The van der Waals surface area contributed by atoms with Crippen LogP contribution in [0.3, 0.4) is 0 Å². The number of phosphoric acid groups is 2. The van der Waals surface area contributed by atoms with Gasteiger partial charge in [0, 0.05) is 19.3 Å². The smallest absolute Gasteiger partial charge is 0.463 e. The van der Waals surface area contributed by atoms with E-state index in [0.29, 0.717) is 19.3 Å². The fourth-order valence-electron chi connectivity index (χ4n) is 9.73. The summed E-state index contributed by atoms with van der Waals surface area (Å²) in [7, 11) is -9.76. The van der Waals surface area contributed by atoms with Gasteiger partial charge in [-0.05, 0) is 96.3 Å². The molecule has 93 heavy (non-hydrogen) atoms. The van der Waals surface area contributed by atoms with E-state index in [-0.39, 0.29) is 19.3 Å². The average Bonchev–Trinajstić information content (AvgIpc) is 3.07. The summed E-state index contributed by atoms with van der Waals surface area (Å²) >= 11 is 0. The first kappa shape index (κ1) is 89.5. The lowest BCUT2D eigenvalue weighted by atomic mass is 10.0. The van der Waals surface area contributed by atoms with Gasteiger partial charge in [-0.15, -0.1) is 0 Å². The number of aliphatic hydroxyl groups excluding tert-OH is 2. The van der Waals surface area contributed by atoms with Gasteiger partial charge in [0.1, 0.15) is 25.4 Å². The zero-order valence-corrected chi connectivity index (χ0v) is 60.2. The van der Waals surface area contributed by atoms with E-state index in [4.69, 9.17) is 32.3 Å². The molecule has 538 valence electrons. The molecule has 0 saturated heterocycles. The maximum Gasteiger partial charge on any atom is 0.472 e. The second-order valence-corrected chi connectivity index (χ2v) is 27.3. The molecule has 0 aromatic heterocycles. The van der Waals surface area contributed by atoms with Gasteiger partial charge >= 0.3 is 33.6 Å². The zero-order chi connectivity index (χ0) is 68.1. The van der Waals surface area contributed by atoms with E-state index in [2.05, 4.69) is 118 Å². The molecule has 0 aromatic carbocycles. The number of esters is 3. The number of phosphoric ester groups is 2. The number of rotatable bonds is 69. The molecule has 0 aliphatic rings. The molecule has 5 atom stereocenters. The molecule has 0 rings (SSSR count). The van der Waals surface area contributed by atoms with Crippen LogP contribution in [0.15, 0.2) is 97.2 Å². The Hall–Kier alpha value is -3.53. The van der Waals surface area contributed by atoms with E-state index in [0.717, 1.165) is 141 Å². The van der Waals surface area contributed by atoms with Gasteiger partial charge in [0.15, 0.2) is 6.10 Å². The van der Waals surface area contributed by atoms with Crippen LogP contribution < -0.4 is 0 Å². The number of allylic oxidation sites excluding steroid dienone is 16. The molecule has 4 N–H and O–H groups in total. The van der Waals surface area contributed by atoms with Crippen LogP contribution in [0.1, 0.15) is 303 Å². The summed E-state index contributed by atoms with van der Waals surface area (Å²) in [5.74, 6) is -1.58. The van der Waals surface area contributed by atoms with Crippen molar-refractivity contribution in [1.82, 2.24) is 0 Å². The van der Waals surface area contributed by atoms with Crippen LogP contribution >= 0.6 is 15.6 Å². The fraction of sp³-hybridized carbons (Fsp3) is 0.747. The van der Waals surface area contributed by atoms with Crippen LogP contribution in [0, 0.1) is 0 Å². The van der Waals surface area contributed by atoms with Gasteiger partial charge in [-0.25, -0.2) is 9.13 Å². The monoisotopic (exact) mass is 1350 g/mol. The molecule has 5 unspecified atom stereocenters. The molecule has 0 aliphatic carbocycles. The van der Waals surface area contributed by atoms with Gasteiger partial charge in [0.05, 0.1) is 26.4 Å². The zero-order valence-electron chi connectivity index (χ0n) is 58.4. The molecule has 0 aromatic rings. The van der Waals surface area contributed by atoms with E-state index in [1.165, 1.54) is 103 Å². The van der Waals surface area contributed by atoms with Crippen molar-refractivity contribution < 1.29 is 75.8 Å². The Morgan fingerprint density at radius 3 is 0.946 bits per heavy atom. The van der Waals surface area contributed by atoms with Crippen molar-refractivity contribution in [1.29, 1.82) is 0 Å². The van der Waals surface area contributed by atoms with Crippen molar-refractivity contribution >= 4 is 33.6 Å². The molecule has 0 aliphatic heterocycles. The number of aliphatic hydroxyl groups is 2. The number of carbonyl (C=O) groups is 3. The third kappa shape index (κ3) is 69.6. The summed E-state index contributed by atoms with van der Waals surface area (Å²) < 4.78 is 60.8. The lowest BCUT2D eigenvalue weighted by Gasteiger charge is -2.21. The lowest BCUT2D eigenvalue weighted by Crippen LogP contribution is -2.30. The number of unbranched alkanes of at least 4 members (excludes halogenated alkanes) is 30.